The topological polar surface area (TPSA) is 46.3 Å². The van der Waals surface area contributed by atoms with E-state index >= 15 is 0 Å². The summed E-state index contributed by atoms with van der Waals surface area (Å²) in [5, 5.41) is 3.71. The summed E-state index contributed by atoms with van der Waals surface area (Å²) in [4.78, 5) is 13.3. The van der Waals surface area contributed by atoms with E-state index in [1.165, 1.54) is 11.3 Å². The third-order valence-electron chi connectivity index (χ3n) is 2.32. The number of anilines is 2. The first kappa shape index (κ1) is 9.10. The van der Waals surface area contributed by atoms with E-state index in [4.69, 9.17) is 12.2 Å². The molecule has 1 atom stereocenters. The Hall–Kier alpha value is -1.47. The third-order valence-corrected chi connectivity index (χ3v) is 3.07. The molecule has 0 aromatic carbocycles. The van der Waals surface area contributed by atoms with Gasteiger partial charge in [0.05, 0.1) is 11.4 Å². The van der Waals surface area contributed by atoms with Crippen molar-refractivity contribution in [1.29, 1.82) is 0 Å². The molecule has 1 amide bonds. The summed E-state index contributed by atoms with van der Waals surface area (Å²) < 4.78 is 0. The van der Waals surface area contributed by atoms with Gasteiger partial charge in [-0.15, -0.1) is 23.7 Å². The lowest BCUT2D eigenvalue weighted by Gasteiger charge is -2.14. The number of nitrogens with zero attached hydrogens (tertiary/aromatic N) is 1. The second kappa shape index (κ2) is 3.35. The summed E-state index contributed by atoms with van der Waals surface area (Å²) in [5.74, 6) is 2.70. The van der Waals surface area contributed by atoms with Gasteiger partial charge in [-0.3, -0.25) is 4.79 Å². The Bertz CT molecular complexity index is 404. The van der Waals surface area contributed by atoms with Gasteiger partial charge in [-0.25, -0.2) is 0 Å². The SMILES string of the molecule is C#CC1CC(=O)N(c2cscc2N)C1. The highest BCUT2D eigenvalue weighted by Crippen LogP contribution is 2.32. The van der Waals surface area contributed by atoms with E-state index in [2.05, 4.69) is 5.92 Å². The van der Waals surface area contributed by atoms with Crippen molar-refractivity contribution in [3.8, 4) is 12.3 Å². The Morgan fingerprint density at radius 1 is 1.64 bits per heavy atom. The molecule has 1 aliphatic rings. The number of hydrogen-bond acceptors (Lipinski definition) is 3. The van der Waals surface area contributed by atoms with Crippen LogP contribution >= 0.6 is 11.3 Å². The van der Waals surface area contributed by atoms with Gasteiger partial charge in [0.1, 0.15) is 0 Å². The van der Waals surface area contributed by atoms with E-state index < -0.39 is 0 Å². The highest BCUT2D eigenvalue weighted by molar-refractivity contribution is 7.09. The number of thiophene rings is 1. The van der Waals surface area contributed by atoms with Crippen molar-refractivity contribution in [1.82, 2.24) is 0 Å². The molecule has 1 fully saturated rings. The van der Waals surface area contributed by atoms with Gasteiger partial charge in [-0.1, -0.05) is 0 Å². The quantitative estimate of drug-likeness (QED) is 0.704. The minimum Gasteiger partial charge on any atom is -0.396 e. The molecule has 0 bridgehead atoms. The monoisotopic (exact) mass is 206 g/mol. The van der Waals surface area contributed by atoms with E-state index in [0.717, 1.165) is 5.69 Å². The smallest absolute Gasteiger partial charge is 0.228 e. The molecule has 0 aliphatic carbocycles. The van der Waals surface area contributed by atoms with Crippen molar-refractivity contribution >= 4 is 28.6 Å². The van der Waals surface area contributed by atoms with Crippen LogP contribution in [0, 0.1) is 18.3 Å². The fourth-order valence-corrected chi connectivity index (χ4v) is 2.30. The Kier molecular flexibility index (Phi) is 2.18. The number of nitrogens with two attached hydrogens (primary N) is 1. The largest absolute Gasteiger partial charge is 0.396 e. The molecule has 14 heavy (non-hydrogen) atoms. The van der Waals surface area contributed by atoms with Crippen LogP contribution in [0.5, 0.6) is 0 Å². The number of carbonyl (C=O) groups excluding carboxylic acids is 1. The van der Waals surface area contributed by atoms with Gasteiger partial charge in [0, 0.05) is 29.6 Å². The van der Waals surface area contributed by atoms with Crippen LogP contribution in [-0.4, -0.2) is 12.5 Å². The molecule has 2 heterocycles. The molecule has 0 spiro atoms. The molecular weight excluding hydrogens is 196 g/mol. The van der Waals surface area contributed by atoms with E-state index in [0.29, 0.717) is 18.7 Å². The minimum atomic E-state index is 0.0294. The van der Waals surface area contributed by atoms with Gasteiger partial charge in [0.25, 0.3) is 0 Å². The number of nitrogen functional groups attached to an aromatic ring is 1. The van der Waals surface area contributed by atoms with Crippen LogP contribution in [0.25, 0.3) is 0 Å². The zero-order chi connectivity index (χ0) is 10.1. The lowest BCUT2D eigenvalue weighted by Crippen LogP contribution is -2.24. The molecule has 2 rings (SSSR count). The summed E-state index contributed by atoms with van der Waals surface area (Å²) in [6.45, 7) is 0.594. The number of terminal acetylenes is 1. The highest BCUT2D eigenvalue weighted by atomic mass is 32.1. The van der Waals surface area contributed by atoms with Crippen LogP contribution in [0.3, 0.4) is 0 Å². The Morgan fingerprint density at radius 2 is 2.43 bits per heavy atom. The molecule has 3 nitrogen and oxygen atoms in total. The van der Waals surface area contributed by atoms with Gasteiger partial charge in [-0.2, -0.15) is 0 Å². The van der Waals surface area contributed by atoms with E-state index in [9.17, 15) is 4.79 Å². The zero-order valence-corrected chi connectivity index (χ0v) is 8.38. The lowest BCUT2D eigenvalue weighted by molar-refractivity contribution is -0.117. The summed E-state index contributed by atoms with van der Waals surface area (Å²) in [5.41, 5.74) is 7.19. The van der Waals surface area contributed by atoms with E-state index in [1.54, 1.807) is 4.90 Å². The van der Waals surface area contributed by atoms with E-state index in [-0.39, 0.29) is 11.8 Å². The number of carbonyl (C=O) groups is 1. The normalized spacial score (nSPS) is 21.2. The summed E-state index contributed by atoms with van der Waals surface area (Å²) in [6, 6.07) is 0. The van der Waals surface area contributed by atoms with Crippen LogP contribution < -0.4 is 10.6 Å². The maximum Gasteiger partial charge on any atom is 0.228 e. The zero-order valence-electron chi connectivity index (χ0n) is 7.56. The molecule has 0 radical (unpaired) electrons. The van der Waals surface area contributed by atoms with Crippen molar-refractivity contribution in [2.75, 3.05) is 17.2 Å². The summed E-state index contributed by atoms with van der Waals surface area (Å²) in [7, 11) is 0. The average Bonchev–Trinajstić information content (AvgIpc) is 2.72. The van der Waals surface area contributed by atoms with Gasteiger partial charge < -0.3 is 10.6 Å². The Balaban J connectivity index is 2.26. The van der Waals surface area contributed by atoms with Gasteiger partial charge >= 0.3 is 0 Å². The molecule has 2 N–H and O–H groups in total. The first-order chi connectivity index (χ1) is 6.72. The molecular formula is C10H10N2OS. The number of amides is 1. The number of hydrogen-bond donors (Lipinski definition) is 1. The lowest BCUT2D eigenvalue weighted by atomic mass is 10.1. The summed E-state index contributed by atoms with van der Waals surface area (Å²) >= 11 is 1.49. The summed E-state index contributed by atoms with van der Waals surface area (Å²) in [6.07, 6.45) is 5.73. The molecule has 4 heteroatoms. The van der Waals surface area contributed by atoms with Gasteiger partial charge in [0.2, 0.25) is 5.91 Å². The second-order valence-electron chi connectivity index (χ2n) is 3.28. The fourth-order valence-electron chi connectivity index (χ4n) is 1.57. The fraction of sp³-hybridized carbons (Fsp3) is 0.300. The molecule has 1 aliphatic heterocycles. The van der Waals surface area contributed by atoms with Gasteiger partial charge in [0.15, 0.2) is 0 Å². The van der Waals surface area contributed by atoms with Crippen LogP contribution in [0.4, 0.5) is 11.4 Å². The second-order valence-corrected chi connectivity index (χ2v) is 4.03. The molecule has 0 saturated carbocycles. The van der Waals surface area contributed by atoms with Crippen LogP contribution in [-0.2, 0) is 4.79 Å². The van der Waals surface area contributed by atoms with Crippen molar-refractivity contribution in [3.05, 3.63) is 10.8 Å². The maximum atomic E-state index is 11.6. The predicted octanol–water partition coefficient (Wildman–Crippen LogP) is 1.32. The first-order valence-corrected chi connectivity index (χ1v) is 5.25. The van der Waals surface area contributed by atoms with Crippen molar-refractivity contribution in [2.45, 2.75) is 6.42 Å². The van der Waals surface area contributed by atoms with Crippen molar-refractivity contribution < 1.29 is 4.79 Å². The van der Waals surface area contributed by atoms with Gasteiger partial charge in [-0.05, 0) is 0 Å². The van der Waals surface area contributed by atoms with Crippen LogP contribution in [0.15, 0.2) is 10.8 Å². The molecule has 1 saturated heterocycles. The highest BCUT2D eigenvalue weighted by Gasteiger charge is 2.30. The maximum absolute atomic E-state index is 11.6. The molecule has 1 aromatic heterocycles. The molecule has 1 aromatic rings. The molecule has 1 unspecified atom stereocenters. The third kappa shape index (κ3) is 1.36. The minimum absolute atomic E-state index is 0.0294. The standard InChI is InChI=1S/C10H10N2OS/c1-2-7-3-10(13)12(4-7)9-6-14-5-8(9)11/h1,5-7H,3-4,11H2. The Labute approximate surface area is 86.5 Å². The Morgan fingerprint density at radius 3 is 2.93 bits per heavy atom. The van der Waals surface area contributed by atoms with Crippen molar-refractivity contribution in [2.24, 2.45) is 5.92 Å². The average molecular weight is 206 g/mol. The first-order valence-electron chi connectivity index (χ1n) is 4.30. The van der Waals surface area contributed by atoms with Crippen LogP contribution in [0.1, 0.15) is 6.42 Å². The van der Waals surface area contributed by atoms with E-state index in [1.807, 2.05) is 10.8 Å². The predicted molar refractivity (Wildman–Crippen MR) is 58.0 cm³/mol. The number of rotatable bonds is 1. The van der Waals surface area contributed by atoms with Crippen LogP contribution in [0.2, 0.25) is 0 Å². The van der Waals surface area contributed by atoms with Crippen molar-refractivity contribution in [3.63, 3.8) is 0 Å². The molecule has 72 valence electrons.